The van der Waals surface area contributed by atoms with Crippen LogP contribution in [-0.2, 0) is 14.3 Å². The molecule has 0 amide bonds. The molecule has 0 aromatic heterocycles. The Morgan fingerprint density at radius 2 is 2.08 bits per heavy atom. The summed E-state index contributed by atoms with van der Waals surface area (Å²) in [5, 5.41) is 0.941. The zero-order chi connectivity index (χ0) is 10.6. The third kappa shape index (κ3) is 3.53. The number of esters is 1. The Labute approximate surface area is 74.5 Å². The SMILES string of the molecule is [2H]N(C)C(C)C(=O)OC(C)C([B])=O. The third-order valence-electron chi connectivity index (χ3n) is 1.42. The molecule has 66 valence electrons. The maximum atomic E-state index is 11.1. The molecule has 1 N–H and O–H groups in total. The van der Waals surface area contributed by atoms with Gasteiger partial charge in [0.2, 0.25) is 0 Å². The van der Waals surface area contributed by atoms with Crippen molar-refractivity contribution in [3.63, 3.8) is 0 Å². The topological polar surface area (TPSA) is 55.4 Å². The van der Waals surface area contributed by atoms with Gasteiger partial charge in [0.15, 0.2) is 7.85 Å². The van der Waals surface area contributed by atoms with Gasteiger partial charge >= 0.3 is 5.97 Å². The summed E-state index contributed by atoms with van der Waals surface area (Å²) in [6.45, 7) is 2.89. The lowest BCUT2D eigenvalue weighted by Gasteiger charge is -2.13. The van der Waals surface area contributed by atoms with Crippen LogP contribution < -0.4 is 5.31 Å². The molecule has 0 spiro atoms. The highest BCUT2D eigenvalue weighted by molar-refractivity contribution is 6.58. The van der Waals surface area contributed by atoms with Crippen molar-refractivity contribution in [2.75, 3.05) is 7.05 Å². The number of hydrogen-bond acceptors (Lipinski definition) is 4. The first-order valence-corrected chi connectivity index (χ1v) is 3.57. The number of hydrogen-bond donors (Lipinski definition) is 1. The fourth-order valence-electron chi connectivity index (χ4n) is 0.436. The van der Waals surface area contributed by atoms with Gasteiger partial charge in [-0.25, -0.2) is 0 Å². The van der Waals surface area contributed by atoms with Crippen LogP contribution in [0.2, 0.25) is 1.41 Å². The lowest BCUT2D eigenvalue weighted by molar-refractivity contribution is -0.153. The quantitative estimate of drug-likeness (QED) is 0.444. The molecule has 2 atom stereocenters. The lowest BCUT2D eigenvalue weighted by Crippen LogP contribution is -2.36. The molecule has 4 nitrogen and oxygen atoms in total. The number of ether oxygens (including phenoxy) is 1. The van der Waals surface area contributed by atoms with Crippen molar-refractivity contribution in [2.24, 2.45) is 0 Å². The molecule has 0 aliphatic carbocycles. The summed E-state index contributed by atoms with van der Waals surface area (Å²) in [5.41, 5.74) is -0.701. The van der Waals surface area contributed by atoms with Gasteiger partial charge in [-0.05, 0) is 20.9 Å². The summed E-state index contributed by atoms with van der Waals surface area (Å²) >= 11 is 0. The molecule has 2 radical (unpaired) electrons. The highest BCUT2D eigenvalue weighted by Gasteiger charge is 2.17. The number of rotatable bonds is 4. The lowest BCUT2D eigenvalue weighted by atomic mass is 9.98. The predicted octanol–water partition coefficient (Wildman–Crippen LogP) is -0.779. The summed E-state index contributed by atoms with van der Waals surface area (Å²) in [6.07, 6.45) is -0.949. The highest BCUT2D eigenvalue weighted by atomic mass is 16.5. The molecular formula is C7H12BNO3. The number of nitrogens with one attached hydrogen (secondary N) is 1. The molecule has 0 bridgehead atoms. The summed E-state index contributed by atoms with van der Waals surface area (Å²) in [5.74, 6) is -0.635. The second-order valence-corrected chi connectivity index (χ2v) is 2.42. The van der Waals surface area contributed by atoms with Crippen molar-refractivity contribution in [1.82, 2.24) is 5.31 Å². The summed E-state index contributed by atoms with van der Waals surface area (Å²) in [6, 6.07) is -0.707. The van der Waals surface area contributed by atoms with Gasteiger partial charge in [0.05, 0.1) is 0 Å². The first-order chi connectivity index (χ1) is 5.86. The molecule has 0 aliphatic rings. The Bertz CT molecular complexity index is 210. The van der Waals surface area contributed by atoms with Crippen LogP contribution in [0.1, 0.15) is 13.8 Å². The molecule has 5 heteroatoms. The van der Waals surface area contributed by atoms with Gasteiger partial charge < -0.3 is 14.8 Å². The van der Waals surface area contributed by atoms with Gasteiger partial charge in [-0.2, -0.15) is 0 Å². The van der Waals surface area contributed by atoms with Crippen molar-refractivity contribution in [3.05, 3.63) is 0 Å². The number of likely N-dealkylation sites (N-methyl/N-ethyl adjacent to an activating group) is 1. The van der Waals surface area contributed by atoms with Crippen LogP contribution in [0.15, 0.2) is 0 Å². The summed E-state index contributed by atoms with van der Waals surface area (Å²) in [7, 11) is 6.30. The number of carbonyl (C=O) groups is 2. The minimum absolute atomic E-state index is 0.635. The average Bonchev–Trinajstić information content (AvgIpc) is 2.02. The zero-order valence-corrected chi connectivity index (χ0v) is 7.40. The van der Waals surface area contributed by atoms with Gasteiger partial charge in [-0.15, -0.1) is 0 Å². The smallest absolute Gasteiger partial charge is 0.323 e. The van der Waals surface area contributed by atoms with Crippen LogP contribution in [0.25, 0.3) is 0 Å². The maximum Gasteiger partial charge on any atom is 0.323 e. The van der Waals surface area contributed by atoms with Crippen LogP contribution in [0.4, 0.5) is 0 Å². The predicted molar refractivity (Wildman–Crippen MR) is 44.8 cm³/mol. The van der Waals surface area contributed by atoms with Crippen LogP contribution in [0.5, 0.6) is 0 Å². The molecule has 2 unspecified atom stereocenters. The zero-order valence-electron chi connectivity index (χ0n) is 8.40. The second-order valence-electron chi connectivity index (χ2n) is 2.42. The van der Waals surface area contributed by atoms with Crippen molar-refractivity contribution in [3.8, 4) is 0 Å². The van der Waals surface area contributed by atoms with Crippen LogP contribution in [0.3, 0.4) is 0 Å². The van der Waals surface area contributed by atoms with E-state index in [0.29, 0.717) is 0 Å². The number of carbonyl (C=O) groups excluding carboxylic acids is 2. The Kier molecular flexibility index (Phi) is 3.80. The molecule has 0 aromatic carbocycles. The Balaban J connectivity index is 4.08. The maximum absolute atomic E-state index is 11.1. The minimum atomic E-state index is -0.949. The molecule has 0 saturated heterocycles. The monoisotopic (exact) mass is 170 g/mol. The largest absolute Gasteiger partial charge is 0.455 e. The van der Waals surface area contributed by atoms with Gasteiger partial charge in [-0.3, -0.25) is 4.79 Å². The molecule has 0 rings (SSSR count). The Morgan fingerprint density at radius 3 is 2.42 bits per heavy atom. The minimum Gasteiger partial charge on any atom is -0.455 e. The van der Waals surface area contributed by atoms with Crippen LogP contribution >= 0.6 is 0 Å². The fraction of sp³-hybridized carbons (Fsp3) is 0.714. The van der Waals surface area contributed by atoms with E-state index < -0.39 is 23.8 Å². The van der Waals surface area contributed by atoms with E-state index in [4.69, 9.17) is 9.26 Å². The van der Waals surface area contributed by atoms with Crippen molar-refractivity contribution >= 4 is 19.5 Å². The fourth-order valence-corrected chi connectivity index (χ4v) is 0.436. The summed E-state index contributed by atoms with van der Waals surface area (Å²) in [4.78, 5) is 21.6. The van der Waals surface area contributed by atoms with E-state index in [1.807, 2.05) is 0 Å². The van der Waals surface area contributed by atoms with Gasteiger partial charge in [0, 0.05) is 0 Å². The molecule has 0 saturated carbocycles. The molecule has 12 heavy (non-hydrogen) atoms. The third-order valence-corrected chi connectivity index (χ3v) is 1.42. The van der Waals surface area contributed by atoms with Crippen LogP contribution in [-0.4, -0.2) is 38.7 Å². The normalized spacial score (nSPS) is 16.5. The molecular weight excluding hydrogens is 157 g/mol. The van der Waals surface area contributed by atoms with Crippen molar-refractivity contribution in [1.29, 1.82) is 0 Å². The first kappa shape index (κ1) is 9.25. The van der Waals surface area contributed by atoms with Gasteiger partial charge in [0.1, 0.15) is 19.2 Å². The average molecular weight is 170 g/mol. The van der Waals surface area contributed by atoms with Gasteiger partial charge in [-0.1, -0.05) is 0 Å². The van der Waals surface area contributed by atoms with Gasteiger partial charge in [0.25, 0.3) is 0 Å². The van der Waals surface area contributed by atoms with E-state index in [-0.39, 0.29) is 0 Å². The van der Waals surface area contributed by atoms with E-state index >= 15 is 0 Å². The van der Waals surface area contributed by atoms with Crippen molar-refractivity contribution < 1.29 is 15.7 Å². The second kappa shape index (κ2) is 4.93. The Hall–Kier alpha value is -0.835. The first-order valence-electron chi connectivity index (χ1n) is 4.02. The molecule has 0 heterocycles. The summed E-state index contributed by atoms with van der Waals surface area (Å²) < 4.78 is 11.7. The van der Waals surface area contributed by atoms with E-state index in [1.165, 1.54) is 20.9 Å². The molecule has 0 aromatic rings. The van der Waals surface area contributed by atoms with E-state index in [1.54, 1.807) is 0 Å². The molecule has 0 fully saturated rings. The Morgan fingerprint density at radius 1 is 1.58 bits per heavy atom. The standard InChI is InChI=1S/C7H12BNO3/c1-4(9-3)7(11)12-5(2)6(8)10/h4-5,9H,1-3H3/i/hD. The van der Waals surface area contributed by atoms with E-state index in [2.05, 4.69) is 4.74 Å². The van der Waals surface area contributed by atoms with E-state index in [0.717, 1.165) is 5.31 Å². The highest BCUT2D eigenvalue weighted by Crippen LogP contribution is 1.94. The van der Waals surface area contributed by atoms with E-state index in [9.17, 15) is 9.59 Å². The van der Waals surface area contributed by atoms with Crippen molar-refractivity contribution in [2.45, 2.75) is 26.0 Å². The molecule has 0 aliphatic heterocycles. The van der Waals surface area contributed by atoms with Crippen LogP contribution in [0, 0.1) is 0 Å².